The van der Waals surface area contributed by atoms with Crippen molar-refractivity contribution in [2.45, 2.75) is 13.3 Å². The summed E-state index contributed by atoms with van der Waals surface area (Å²) in [5.74, 6) is -0.571. The monoisotopic (exact) mass is 562 g/mol. The normalized spacial score (nSPS) is 11.0. The lowest BCUT2D eigenvalue weighted by Crippen LogP contribution is -2.08. The first-order valence-electron chi connectivity index (χ1n) is 11.3. The Morgan fingerprint density at radius 1 is 0.892 bits per heavy atom. The number of esters is 2. The molecule has 2 aromatic heterocycles. The molecule has 0 atom stereocenters. The molecule has 0 aliphatic carbocycles. The van der Waals surface area contributed by atoms with Gasteiger partial charge in [-0.15, -0.1) is 0 Å². The summed E-state index contributed by atoms with van der Waals surface area (Å²) in [5.41, 5.74) is 0.737. The van der Waals surface area contributed by atoms with Gasteiger partial charge >= 0.3 is 11.9 Å². The molecule has 5 aromatic rings. The van der Waals surface area contributed by atoms with Gasteiger partial charge < -0.3 is 23.0 Å². The smallest absolute Gasteiger partial charge is 0.379 e. The molecule has 0 aliphatic rings. The lowest BCUT2D eigenvalue weighted by molar-refractivity contribution is 0.0504. The summed E-state index contributed by atoms with van der Waals surface area (Å²) in [6, 6.07) is 17.6. The molecule has 0 radical (unpaired) electrons. The Hall–Kier alpha value is -4.37. The van der Waals surface area contributed by atoms with E-state index in [2.05, 4.69) is 15.9 Å². The maximum Gasteiger partial charge on any atom is 0.379 e. The van der Waals surface area contributed by atoms with Gasteiger partial charge in [0.05, 0.1) is 17.6 Å². The van der Waals surface area contributed by atoms with Gasteiger partial charge in [0, 0.05) is 15.9 Å². The Morgan fingerprint density at radius 2 is 1.68 bits per heavy atom. The zero-order valence-corrected chi connectivity index (χ0v) is 21.1. The molecule has 0 saturated heterocycles. The second-order valence-corrected chi connectivity index (χ2v) is 8.95. The van der Waals surface area contributed by atoms with E-state index in [9.17, 15) is 14.4 Å². The molecule has 186 valence electrons. The number of rotatable bonds is 7. The first kappa shape index (κ1) is 24.3. The predicted molar refractivity (Wildman–Crippen MR) is 138 cm³/mol. The molecule has 2 heterocycles. The van der Waals surface area contributed by atoms with Crippen molar-refractivity contribution < 1.29 is 32.6 Å². The van der Waals surface area contributed by atoms with Crippen LogP contribution in [0.5, 0.6) is 17.2 Å². The molecule has 0 spiro atoms. The van der Waals surface area contributed by atoms with Gasteiger partial charge in [-0.05, 0) is 67.1 Å². The SMILES string of the molecule is CCCOC(=O)c1ccc(Oc2coc3cc(OC(=O)c4cc5cc(Br)ccc5o4)ccc3c2=O)cc1. The summed E-state index contributed by atoms with van der Waals surface area (Å²) in [5, 5.41) is 0.995. The predicted octanol–water partition coefficient (Wildman–Crippen LogP) is 6.88. The van der Waals surface area contributed by atoms with Crippen LogP contribution in [0.25, 0.3) is 21.9 Å². The fourth-order valence-electron chi connectivity index (χ4n) is 3.56. The average Bonchev–Trinajstić information content (AvgIpc) is 3.33. The quantitative estimate of drug-likeness (QED) is 0.156. The Bertz CT molecular complexity index is 1680. The van der Waals surface area contributed by atoms with Gasteiger partial charge in [-0.3, -0.25) is 4.79 Å². The van der Waals surface area contributed by atoms with Crippen LogP contribution >= 0.6 is 15.9 Å². The van der Waals surface area contributed by atoms with Crippen LogP contribution in [-0.4, -0.2) is 18.5 Å². The molecule has 37 heavy (non-hydrogen) atoms. The number of carbonyl (C=O) groups excluding carboxylic acids is 2. The third kappa shape index (κ3) is 5.26. The number of hydrogen-bond donors (Lipinski definition) is 0. The zero-order chi connectivity index (χ0) is 25.9. The maximum atomic E-state index is 12.9. The van der Waals surface area contributed by atoms with Crippen molar-refractivity contribution in [3.63, 3.8) is 0 Å². The van der Waals surface area contributed by atoms with E-state index >= 15 is 0 Å². The third-order valence-corrected chi connectivity index (χ3v) is 5.85. The summed E-state index contributed by atoms with van der Waals surface area (Å²) >= 11 is 3.38. The molecule has 0 N–H and O–H groups in total. The second-order valence-electron chi connectivity index (χ2n) is 8.03. The van der Waals surface area contributed by atoms with Crippen molar-refractivity contribution in [2.24, 2.45) is 0 Å². The van der Waals surface area contributed by atoms with Crippen LogP contribution in [0.3, 0.4) is 0 Å². The Morgan fingerprint density at radius 3 is 2.46 bits per heavy atom. The largest absolute Gasteiger partial charge is 0.462 e. The van der Waals surface area contributed by atoms with Gasteiger partial charge in [0.1, 0.15) is 28.9 Å². The molecule has 0 amide bonds. The number of fused-ring (bicyclic) bond motifs is 2. The van der Waals surface area contributed by atoms with Crippen molar-refractivity contribution in [3.05, 3.63) is 99.0 Å². The van der Waals surface area contributed by atoms with Crippen molar-refractivity contribution in [3.8, 4) is 17.2 Å². The van der Waals surface area contributed by atoms with Crippen molar-refractivity contribution in [1.82, 2.24) is 0 Å². The molecule has 0 bridgehead atoms. The van der Waals surface area contributed by atoms with Crippen molar-refractivity contribution in [1.29, 1.82) is 0 Å². The summed E-state index contributed by atoms with van der Waals surface area (Å²) < 4.78 is 28.2. The second kappa shape index (κ2) is 10.3. The van der Waals surface area contributed by atoms with Crippen LogP contribution in [0.2, 0.25) is 0 Å². The van der Waals surface area contributed by atoms with Gasteiger partial charge in [-0.1, -0.05) is 22.9 Å². The summed E-state index contributed by atoms with van der Waals surface area (Å²) in [4.78, 5) is 37.4. The number of halogens is 1. The van der Waals surface area contributed by atoms with E-state index in [1.165, 1.54) is 24.5 Å². The molecule has 8 nitrogen and oxygen atoms in total. The molecule has 0 aliphatic heterocycles. The number of carbonyl (C=O) groups is 2. The van der Waals surface area contributed by atoms with E-state index in [-0.39, 0.29) is 28.2 Å². The van der Waals surface area contributed by atoms with Crippen LogP contribution in [0, 0.1) is 0 Å². The van der Waals surface area contributed by atoms with Crippen LogP contribution in [0.15, 0.2) is 91.1 Å². The van der Waals surface area contributed by atoms with E-state index in [1.54, 1.807) is 36.4 Å². The van der Waals surface area contributed by atoms with Crippen LogP contribution in [-0.2, 0) is 4.74 Å². The molecule has 3 aromatic carbocycles. The van der Waals surface area contributed by atoms with Gasteiger partial charge in [0.15, 0.2) is 0 Å². The highest BCUT2D eigenvalue weighted by Gasteiger charge is 2.17. The summed E-state index contributed by atoms with van der Waals surface area (Å²) in [6.45, 7) is 2.25. The minimum absolute atomic E-state index is 0.0352. The van der Waals surface area contributed by atoms with Crippen LogP contribution in [0.1, 0.15) is 34.3 Å². The maximum absolute atomic E-state index is 12.9. The van der Waals surface area contributed by atoms with E-state index in [1.807, 2.05) is 19.1 Å². The van der Waals surface area contributed by atoms with E-state index in [4.69, 9.17) is 23.0 Å². The van der Waals surface area contributed by atoms with Gasteiger partial charge in [0.2, 0.25) is 16.9 Å². The summed E-state index contributed by atoms with van der Waals surface area (Å²) in [7, 11) is 0. The Kier molecular flexibility index (Phi) is 6.78. The fourth-order valence-corrected chi connectivity index (χ4v) is 3.94. The molecule has 0 fully saturated rings. The zero-order valence-electron chi connectivity index (χ0n) is 19.5. The molecule has 0 saturated carbocycles. The van der Waals surface area contributed by atoms with Gasteiger partial charge in [-0.25, -0.2) is 9.59 Å². The van der Waals surface area contributed by atoms with Crippen molar-refractivity contribution in [2.75, 3.05) is 6.61 Å². The fraction of sp³-hybridized carbons (Fsp3) is 0.107. The molecule has 9 heteroatoms. The minimum Gasteiger partial charge on any atom is -0.462 e. The highest BCUT2D eigenvalue weighted by Crippen LogP contribution is 2.27. The van der Waals surface area contributed by atoms with Crippen LogP contribution in [0.4, 0.5) is 0 Å². The standard InChI is InChI=1S/C28H19BrO8/c1-2-11-33-27(31)16-3-6-19(7-4-16)35-25-15-34-23-14-20(8-9-21(23)26(25)30)36-28(32)24-13-17-12-18(29)5-10-22(17)37-24/h3-10,12-15H,2,11H2,1H3. The number of ether oxygens (including phenoxy) is 3. The third-order valence-electron chi connectivity index (χ3n) is 5.36. The highest BCUT2D eigenvalue weighted by atomic mass is 79.9. The minimum atomic E-state index is -0.684. The lowest BCUT2D eigenvalue weighted by atomic mass is 10.2. The van der Waals surface area contributed by atoms with E-state index in [0.717, 1.165) is 16.3 Å². The van der Waals surface area contributed by atoms with E-state index < -0.39 is 17.4 Å². The molecular formula is C28H19BrO8. The number of hydrogen-bond acceptors (Lipinski definition) is 8. The molecule has 0 unspecified atom stereocenters. The number of benzene rings is 3. The lowest BCUT2D eigenvalue weighted by Gasteiger charge is -2.08. The Balaban J connectivity index is 1.31. The highest BCUT2D eigenvalue weighted by molar-refractivity contribution is 9.10. The first-order valence-corrected chi connectivity index (χ1v) is 12.1. The molecular weight excluding hydrogens is 544 g/mol. The molecule has 5 rings (SSSR count). The topological polar surface area (TPSA) is 105 Å². The van der Waals surface area contributed by atoms with Gasteiger partial charge in [0.25, 0.3) is 0 Å². The Labute approximate surface area is 218 Å². The number of furan rings is 1. The van der Waals surface area contributed by atoms with Crippen LogP contribution < -0.4 is 14.9 Å². The average molecular weight is 563 g/mol. The van der Waals surface area contributed by atoms with Crippen molar-refractivity contribution >= 4 is 49.8 Å². The first-order chi connectivity index (χ1) is 17.9. The van der Waals surface area contributed by atoms with E-state index in [0.29, 0.717) is 23.5 Å². The van der Waals surface area contributed by atoms with Gasteiger partial charge in [-0.2, -0.15) is 0 Å². The summed E-state index contributed by atoms with van der Waals surface area (Å²) in [6.07, 6.45) is 1.91.